The van der Waals surface area contributed by atoms with E-state index < -0.39 is 10.0 Å². The number of carbonyl (C=O) groups excluding carboxylic acids is 1. The number of carbonyl (C=O) groups is 1. The van der Waals surface area contributed by atoms with Crippen LogP contribution in [0.15, 0.2) is 53.0 Å². The highest BCUT2D eigenvalue weighted by atomic mass is 32.2. The van der Waals surface area contributed by atoms with Crippen molar-refractivity contribution in [3.05, 3.63) is 48.1 Å². The van der Waals surface area contributed by atoms with E-state index in [2.05, 4.69) is 17.4 Å². The second kappa shape index (κ2) is 7.83. The first-order valence-corrected chi connectivity index (χ1v) is 11.6. The van der Waals surface area contributed by atoms with E-state index in [0.29, 0.717) is 24.2 Å². The maximum absolute atomic E-state index is 12.7. The van der Waals surface area contributed by atoms with Gasteiger partial charge < -0.3 is 14.2 Å². The molecule has 0 saturated carbocycles. The lowest BCUT2D eigenvalue weighted by molar-refractivity contribution is -0.140. The first-order chi connectivity index (χ1) is 14.2. The first kappa shape index (κ1) is 21.1. The van der Waals surface area contributed by atoms with E-state index in [4.69, 9.17) is 14.2 Å². The van der Waals surface area contributed by atoms with Gasteiger partial charge in [-0.1, -0.05) is 18.2 Å². The van der Waals surface area contributed by atoms with Gasteiger partial charge in [0, 0.05) is 18.0 Å². The van der Waals surface area contributed by atoms with Gasteiger partial charge in [-0.2, -0.15) is 0 Å². The Morgan fingerprint density at radius 1 is 1.30 bits per heavy atom. The summed E-state index contributed by atoms with van der Waals surface area (Å²) >= 11 is 0. The number of esters is 1. The Morgan fingerprint density at radius 2 is 2.03 bits per heavy atom. The summed E-state index contributed by atoms with van der Waals surface area (Å²) in [5.41, 5.74) is 1.16. The fourth-order valence-corrected chi connectivity index (χ4v) is 5.34. The molecule has 162 valence electrons. The van der Waals surface area contributed by atoms with Gasteiger partial charge in [0.1, 0.15) is 18.0 Å². The molecule has 2 saturated heterocycles. The number of hydrogen-bond acceptors (Lipinski definition) is 6. The van der Waals surface area contributed by atoms with E-state index in [1.807, 2.05) is 6.92 Å². The van der Waals surface area contributed by atoms with E-state index in [9.17, 15) is 13.2 Å². The third-order valence-corrected chi connectivity index (χ3v) is 7.72. The van der Waals surface area contributed by atoms with E-state index in [0.717, 1.165) is 18.4 Å². The number of sulfonamides is 1. The molecule has 2 heterocycles. The molecule has 0 unspecified atom stereocenters. The Labute approximate surface area is 177 Å². The molecule has 4 rings (SSSR count). The molecule has 0 aromatic heterocycles. The molecule has 7 nitrogen and oxygen atoms in total. The fourth-order valence-electron chi connectivity index (χ4n) is 4.31. The van der Waals surface area contributed by atoms with E-state index in [1.165, 1.54) is 19.2 Å². The van der Waals surface area contributed by atoms with E-state index >= 15 is 0 Å². The number of benzene rings is 1. The topological polar surface area (TPSA) is 94.2 Å². The second-order valence-electron chi connectivity index (χ2n) is 8.29. The summed E-state index contributed by atoms with van der Waals surface area (Å²) in [5, 5.41) is 0. The van der Waals surface area contributed by atoms with Gasteiger partial charge in [0.2, 0.25) is 10.0 Å². The molecule has 1 aromatic rings. The summed E-state index contributed by atoms with van der Waals surface area (Å²) in [4.78, 5) is 12.2. The summed E-state index contributed by atoms with van der Waals surface area (Å²) in [6.07, 6.45) is 4.59. The van der Waals surface area contributed by atoms with Crippen molar-refractivity contribution in [3.8, 4) is 5.75 Å². The Hall–Kier alpha value is -2.16. The predicted octanol–water partition coefficient (Wildman–Crippen LogP) is 2.73. The highest BCUT2D eigenvalue weighted by Gasteiger charge is 2.61. The lowest BCUT2D eigenvalue weighted by atomic mass is 9.84. The van der Waals surface area contributed by atoms with Gasteiger partial charge in [-0.05, 0) is 56.9 Å². The number of fused-ring (bicyclic) bond motifs is 3. The molecule has 2 aliphatic heterocycles. The Balaban J connectivity index is 1.46. The van der Waals surface area contributed by atoms with Crippen LogP contribution in [0.3, 0.4) is 0 Å². The van der Waals surface area contributed by atoms with Crippen molar-refractivity contribution in [1.82, 2.24) is 4.72 Å². The largest absolute Gasteiger partial charge is 0.497 e. The van der Waals surface area contributed by atoms with Crippen molar-refractivity contribution in [2.45, 2.75) is 55.3 Å². The molecule has 1 N–H and O–H groups in total. The highest BCUT2D eigenvalue weighted by molar-refractivity contribution is 7.89. The van der Waals surface area contributed by atoms with E-state index in [1.54, 1.807) is 12.1 Å². The number of allylic oxidation sites excluding steroid dienone is 1. The van der Waals surface area contributed by atoms with Crippen LogP contribution in [0.25, 0.3) is 0 Å². The molecule has 0 spiro atoms. The molecule has 0 radical (unpaired) electrons. The molecular formula is C22H27NO6S. The zero-order valence-corrected chi connectivity index (χ0v) is 18.0. The van der Waals surface area contributed by atoms with Crippen LogP contribution in [-0.2, 0) is 24.3 Å². The number of hydrogen-bond donors (Lipinski definition) is 1. The molecule has 0 bridgehead atoms. The van der Waals surface area contributed by atoms with Gasteiger partial charge in [0.25, 0.3) is 0 Å². The summed E-state index contributed by atoms with van der Waals surface area (Å²) < 4.78 is 44.5. The predicted molar refractivity (Wildman–Crippen MR) is 111 cm³/mol. The average molecular weight is 434 g/mol. The van der Waals surface area contributed by atoms with Crippen LogP contribution in [0.1, 0.15) is 32.6 Å². The standard InChI is InChI=1S/C22H27NO6S/c1-14-18-11-6-15(5-4-12-22(2)20(29-22)19(18)28-21(14)24)13-23-30(25,26)17-9-7-16(27-3)8-10-17/h5,7-10,18-20,23H,1,4,6,11-13H2,2-3H3/b15-5+/t18-,19-,20-,22+/m0/s1. The number of rotatable bonds is 5. The molecule has 8 heteroatoms. The molecule has 1 aliphatic carbocycles. The quantitative estimate of drug-likeness (QED) is 0.332. The first-order valence-electron chi connectivity index (χ1n) is 10.1. The van der Waals surface area contributed by atoms with Gasteiger partial charge in [0.05, 0.1) is 17.6 Å². The average Bonchev–Trinajstić information content (AvgIpc) is 3.32. The Morgan fingerprint density at radius 3 is 2.73 bits per heavy atom. The van der Waals surface area contributed by atoms with Gasteiger partial charge in [-0.25, -0.2) is 17.9 Å². The van der Waals surface area contributed by atoms with Crippen molar-refractivity contribution < 1.29 is 27.4 Å². The van der Waals surface area contributed by atoms with Gasteiger partial charge in [-0.3, -0.25) is 0 Å². The number of nitrogens with one attached hydrogen (secondary N) is 1. The molecular weight excluding hydrogens is 406 g/mol. The monoisotopic (exact) mass is 433 g/mol. The van der Waals surface area contributed by atoms with Crippen LogP contribution in [0, 0.1) is 5.92 Å². The van der Waals surface area contributed by atoms with Crippen LogP contribution in [0.5, 0.6) is 5.75 Å². The highest BCUT2D eigenvalue weighted by Crippen LogP contribution is 2.49. The van der Waals surface area contributed by atoms with Crippen molar-refractivity contribution in [3.63, 3.8) is 0 Å². The lowest BCUT2D eigenvalue weighted by Gasteiger charge is -2.20. The lowest BCUT2D eigenvalue weighted by Crippen LogP contribution is -2.30. The third-order valence-electron chi connectivity index (χ3n) is 6.30. The maximum atomic E-state index is 12.7. The minimum Gasteiger partial charge on any atom is -0.497 e. The smallest absolute Gasteiger partial charge is 0.334 e. The van der Waals surface area contributed by atoms with Gasteiger partial charge in [-0.15, -0.1) is 0 Å². The zero-order valence-electron chi connectivity index (χ0n) is 17.2. The molecule has 2 fully saturated rings. The van der Waals surface area contributed by atoms with Crippen molar-refractivity contribution >= 4 is 16.0 Å². The molecule has 4 atom stereocenters. The van der Waals surface area contributed by atoms with Gasteiger partial charge in [0.15, 0.2) is 0 Å². The summed E-state index contributed by atoms with van der Waals surface area (Å²) in [5.74, 6) is 0.137. The summed E-state index contributed by atoms with van der Waals surface area (Å²) in [6, 6.07) is 6.27. The normalized spacial score (nSPS) is 33.0. The fraction of sp³-hybridized carbons (Fsp3) is 0.500. The van der Waals surface area contributed by atoms with Crippen molar-refractivity contribution in [1.29, 1.82) is 0 Å². The van der Waals surface area contributed by atoms with Crippen molar-refractivity contribution in [2.75, 3.05) is 13.7 Å². The van der Waals surface area contributed by atoms with E-state index in [-0.39, 0.29) is 41.1 Å². The third kappa shape index (κ3) is 4.04. The number of epoxide rings is 1. The van der Waals surface area contributed by atoms with Gasteiger partial charge >= 0.3 is 5.97 Å². The molecule has 0 amide bonds. The second-order valence-corrected chi connectivity index (χ2v) is 10.1. The zero-order chi connectivity index (χ0) is 21.5. The number of ether oxygens (including phenoxy) is 3. The molecule has 1 aromatic carbocycles. The molecule has 30 heavy (non-hydrogen) atoms. The summed E-state index contributed by atoms with van der Waals surface area (Å²) in [7, 11) is -2.11. The summed E-state index contributed by atoms with van der Waals surface area (Å²) in [6.45, 7) is 6.16. The number of methoxy groups -OCH3 is 1. The van der Waals surface area contributed by atoms with Crippen molar-refractivity contribution in [2.24, 2.45) is 5.92 Å². The van der Waals surface area contributed by atoms with Crippen LogP contribution in [0.4, 0.5) is 0 Å². The van der Waals surface area contributed by atoms with Crippen LogP contribution in [-0.4, -0.2) is 45.9 Å². The van der Waals surface area contributed by atoms with Crippen LogP contribution in [0.2, 0.25) is 0 Å². The maximum Gasteiger partial charge on any atom is 0.334 e. The Kier molecular flexibility index (Phi) is 5.50. The Bertz CT molecular complexity index is 983. The molecule has 3 aliphatic rings. The van der Waals surface area contributed by atoms with Crippen LogP contribution >= 0.6 is 0 Å². The minimum absolute atomic E-state index is 0.0887. The minimum atomic E-state index is -3.64. The SMILES string of the molecule is C=C1C(=O)O[C@H]2[C@H]1CC/C(CNS(=O)(=O)c1ccc(OC)cc1)=C\CC[C@@]1(C)O[C@@H]21. The van der Waals surface area contributed by atoms with Crippen LogP contribution < -0.4 is 9.46 Å².